The third kappa shape index (κ3) is 4.03. The number of benzene rings is 1. The first-order chi connectivity index (χ1) is 14.0. The first-order valence-electron chi connectivity index (χ1n) is 9.48. The number of fused-ring (bicyclic) bond motifs is 1. The molecule has 9 nitrogen and oxygen atoms in total. The van der Waals surface area contributed by atoms with Crippen molar-refractivity contribution in [2.45, 2.75) is 32.4 Å². The van der Waals surface area contributed by atoms with Crippen molar-refractivity contribution in [2.24, 2.45) is 7.05 Å². The van der Waals surface area contributed by atoms with Gasteiger partial charge in [0.25, 0.3) is 5.56 Å². The molecule has 0 saturated carbocycles. The fourth-order valence-corrected chi connectivity index (χ4v) is 3.35. The number of hydrogen-bond donors (Lipinski definition) is 1. The lowest BCUT2D eigenvalue weighted by Crippen LogP contribution is -2.47. The second-order valence-electron chi connectivity index (χ2n) is 7.19. The highest BCUT2D eigenvalue weighted by molar-refractivity contribution is 5.74. The summed E-state index contributed by atoms with van der Waals surface area (Å²) in [6.07, 6.45) is 2.42. The summed E-state index contributed by atoms with van der Waals surface area (Å²) in [6, 6.07) is 9.18. The minimum atomic E-state index is -0.201. The molecule has 0 bridgehead atoms. The van der Waals surface area contributed by atoms with Crippen molar-refractivity contribution < 1.29 is 9.32 Å². The molecular weight excluding hydrogens is 372 g/mol. The van der Waals surface area contributed by atoms with Gasteiger partial charge < -0.3 is 19.3 Å². The van der Waals surface area contributed by atoms with Gasteiger partial charge in [-0.1, -0.05) is 35.5 Å². The second-order valence-corrected chi connectivity index (χ2v) is 7.19. The van der Waals surface area contributed by atoms with Crippen LogP contribution in [0.25, 0.3) is 11.4 Å². The molecule has 29 heavy (non-hydrogen) atoms. The van der Waals surface area contributed by atoms with Crippen molar-refractivity contribution >= 4 is 6.03 Å². The minimum absolute atomic E-state index is 0.0472. The minimum Gasteiger partial charge on any atom is -0.339 e. The van der Waals surface area contributed by atoms with Crippen molar-refractivity contribution in [1.82, 2.24) is 29.9 Å². The van der Waals surface area contributed by atoms with Crippen LogP contribution < -0.4 is 10.9 Å². The Hall–Kier alpha value is -3.49. The Kier molecular flexibility index (Phi) is 5.11. The molecule has 1 unspecified atom stereocenters. The SMILES string of the molecule is CC(Cc1nc(-c2ccccc2)no1)NC(=O)N1CCc2c(ncn(C)c2=O)C1. The molecule has 0 spiro atoms. The molecule has 1 atom stereocenters. The van der Waals surface area contributed by atoms with Crippen molar-refractivity contribution in [1.29, 1.82) is 0 Å². The Labute approximate surface area is 167 Å². The van der Waals surface area contributed by atoms with Gasteiger partial charge in [0.1, 0.15) is 0 Å². The summed E-state index contributed by atoms with van der Waals surface area (Å²) in [4.78, 5) is 35.1. The number of rotatable bonds is 4. The predicted molar refractivity (Wildman–Crippen MR) is 105 cm³/mol. The van der Waals surface area contributed by atoms with E-state index >= 15 is 0 Å². The molecule has 2 amide bonds. The number of aryl methyl sites for hydroxylation is 1. The van der Waals surface area contributed by atoms with Crippen LogP contribution in [0, 0.1) is 0 Å². The van der Waals surface area contributed by atoms with E-state index < -0.39 is 0 Å². The van der Waals surface area contributed by atoms with E-state index in [-0.39, 0.29) is 17.6 Å². The fourth-order valence-electron chi connectivity index (χ4n) is 3.35. The molecule has 1 N–H and O–H groups in total. The van der Waals surface area contributed by atoms with Crippen molar-refractivity contribution in [2.75, 3.05) is 6.54 Å². The zero-order valence-electron chi connectivity index (χ0n) is 16.3. The van der Waals surface area contributed by atoms with Crippen LogP contribution in [-0.4, -0.2) is 43.2 Å². The first kappa shape index (κ1) is 18.9. The van der Waals surface area contributed by atoms with Crippen LogP contribution in [0.1, 0.15) is 24.1 Å². The van der Waals surface area contributed by atoms with Crippen molar-refractivity contribution in [3.63, 3.8) is 0 Å². The summed E-state index contributed by atoms with van der Waals surface area (Å²) in [5.74, 6) is 0.991. The maximum atomic E-state index is 12.6. The molecule has 1 aromatic carbocycles. The van der Waals surface area contributed by atoms with E-state index in [1.807, 2.05) is 37.3 Å². The molecule has 9 heteroatoms. The molecule has 1 aliphatic rings. The molecule has 0 radical (unpaired) electrons. The number of carbonyl (C=O) groups is 1. The van der Waals surface area contributed by atoms with Crippen LogP contribution >= 0.6 is 0 Å². The third-order valence-corrected chi connectivity index (χ3v) is 4.92. The lowest BCUT2D eigenvalue weighted by atomic mass is 10.1. The van der Waals surface area contributed by atoms with Crippen LogP contribution in [0.2, 0.25) is 0 Å². The average Bonchev–Trinajstić information content (AvgIpc) is 3.19. The van der Waals surface area contributed by atoms with Gasteiger partial charge in [-0.3, -0.25) is 4.79 Å². The van der Waals surface area contributed by atoms with Crippen LogP contribution in [-0.2, 0) is 26.4 Å². The largest absolute Gasteiger partial charge is 0.339 e. The van der Waals surface area contributed by atoms with Gasteiger partial charge in [-0.15, -0.1) is 0 Å². The summed E-state index contributed by atoms with van der Waals surface area (Å²) in [7, 11) is 1.68. The molecule has 0 aliphatic carbocycles. The summed E-state index contributed by atoms with van der Waals surface area (Å²) < 4.78 is 6.78. The Morgan fingerprint density at radius 2 is 2.10 bits per heavy atom. The highest BCUT2D eigenvalue weighted by atomic mass is 16.5. The van der Waals surface area contributed by atoms with Gasteiger partial charge in [0.2, 0.25) is 11.7 Å². The molecule has 2 aromatic heterocycles. The van der Waals surface area contributed by atoms with Gasteiger partial charge in [0.15, 0.2) is 0 Å². The monoisotopic (exact) mass is 394 g/mol. The lowest BCUT2D eigenvalue weighted by molar-refractivity contribution is 0.187. The molecule has 3 heterocycles. The smallest absolute Gasteiger partial charge is 0.317 e. The van der Waals surface area contributed by atoms with E-state index in [0.29, 0.717) is 48.9 Å². The fraction of sp³-hybridized carbons (Fsp3) is 0.350. The van der Waals surface area contributed by atoms with Gasteiger partial charge in [0, 0.05) is 37.2 Å². The van der Waals surface area contributed by atoms with Gasteiger partial charge in [0.05, 0.1) is 18.6 Å². The van der Waals surface area contributed by atoms with Crippen LogP contribution in [0.15, 0.2) is 46.0 Å². The highest BCUT2D eigenvalue weighted by Gasteiger charge is 2.25. The van der Waals surface area contributed by atoms with Crippen LogP contribution in [0.4, 0.5) is 4.79 Å². The van der Waals surface area contributed by atoms with Crippen molar-refractivity contribution in [3.05, 3.63) is 64.2 Å². The molecule has 0 fully saturated rings. The average molecular weight is 394 g/mol. The predicted octanol–water partition coefficient (Wildman–Crippen LogP) is 1.53. The number of carbonyl (C=O) groups excluding carboxylic acids is 1. The Morgan fingerprint density at radius 3 is 2.90 bits per heavy atom. The first-order valence-corrected chi connectivity index (χ1v) is 9.48. The number of aromatic nitrogens is 4. The molecule has 150 valence electrons. The van der Waals surface area contributed by atoms with E-state index in [9.17, 15) is 9.59 Å². The van der Waals surface area contributed by atoms with E-state index in [1.165, 1.54) is 10.9 Å². The Morgan fingerprint density at radius 1 is 1.31 bits per heavy atom. The lowest BCUT2D eigenvalue weighted by Gasteiger charge is -2.29. The number of urea groups is 1. The number of nitrogens with one attached hydrogen (secondary N) is 1. The summed E-state index contributed by atoms with van der Waals surface area (Å²) in [6.45, 7) is 2.68. The van der Waals surface area contributed by atoms with Crippen LogP contribution in [0.3, 0.4) is 0 Å². The zero-order chi connectivity index (χ0) is 20.4. The summed E-state index contributed by atoms with van der Waals surface area (Å²) in [5.41, 5.74) is 2.18. The maximum absolute atomic E-state index is 12.6. The zero-order valence-corrected chi connectivity index (χ0v) is 16.3. The quantitative estimate of drug-likeness (QED) is 0.719. The molecule has 0 saturated heterocycles. The van der Waals surface area contributed by atoms with Crippen molar-refractivity contribution in [3.8, 4) is 11.4 Å². The second kappa shape index (κ2) is 7.86. The van der Waals surface area contributed by atoms with E-state index in [2.05, 4.69) is 20.4 Å². The highest BCUT2D eigenvalue weighted by Crippen LogP contribution is 2.16. The molecule has 1 aliphatic heterocycles. The number of hydrogen-bond acceptors (Lipinski definition) is 6. The molecule has 4 rings (SSSR count). The molecule has 3 aromatic rings. The van der Waals surface area contributed by atoms with E-state index in [1.54, 1.807) is 11.9 Å². The summed E-state index contributed by atoms with van der Waals surface area (Å²) in [5, 5.41) is 6.95. The Bertz CT molecular complexity index is 1080. The molecular formula is C20H22N6O3. The van der Waals surface area contributed by atoms with E-state index in [0.717, 1.165) is 5.56 Å². The standard InChI is InChI=1S/C20H22N6O3/c1-13(10-17-23-18(24-29-17)14-6-4-3-5-7-14)22-20(28)26-9-8-15-16(11-26)21-12-25(2)19(15)27/h3-7,12-13H,8-11H2,1-2H3,(H,22,28). The van der Waals surface area contributed by atoms with Gasteiger partial charge in [-0.25, -0.2) is 9.78 Å². The topological polar surface area (TPSA) is 106 Å². The normalized spacial score (nSPS) is 14.3. The summed E-state index contributed by atoms with van der Waals surface area (Å²) >= 11 is 0. The maximum Gasteiger partial charge on any atom is 0.317 e. The number of amides is 2. The van der Waals surface area contributed by atoms with Gasteiger partial charge >= 0.3 is 6.03 Å². The number of nitrogens with zero attached hydrogens (tertiary/aromatic N) is 5. The van der Waals surface area contributed by atoms with E-state index in [4.69, 9.17) is 4.52 Å². The van der Waals surface area contributed by atoms with Gasteiger partial charge in [-0.05, 0) is 13.3 Å². The Balaban J connectivity index is 1.36. The third-order valence-electron chi connectivity index (χ3n) is 4.92. The van der Waals surface area contributed by atoms with Crippen LogP contribution in [0.5, 0.6) is 0 Å². The van der Waals surface area contributed by atoms with Gasteiger partial charge in [-0.2, -0.15) is 4.98 Å².